The molecule has 5 heteroatoms. The third-order valence-corrected chi connectivity index (χ3v) is 2.70. The summed E-state index contributed by atoms with van der Waals surface area (Å²) < 4.78 is 1.73. The zero-order chi connectivity index (χ0) is 11.2. The first-order chi connectivity index (χ1) is 7.84. The molecule has 0 atom stereocenters. The topological polar surface area (TPSA) is 55.1 Å². The molecule has 0 aliphatic carbocycles. The molecule has 16 heavy (non-hydrogen) atoms. The summed E-state index contributed by atoms with van der Waals surface area (Å²) in [7, 11) is 1.89. The van der Waals surface area contributed by atoms with Crippen molar-refractivity contribution in [2.75, 3.05) is 13.1 Å². The molecule has 1 aromatic rings. The van der Waals surface area contributed by atoms with E-state index in [1.807, 2.05) is 7.05 Å². The van der Waals surface area contributed by atoms with E-state index in [4.69, 9.17) is 0 Å². The fraction of sp³-hybridized carbons (Fsp3) is 0.727. The van der Waals surface area contributed by atoms with E-state index in [-0.39, 0.29) is 0 Å². The van der Waals surface area contributed by atoms with E-state index >= 15 is 0 Å². The van der Waals surface area contributed by atoms with Crippen molar-refractivity contribution in [1.82, 2.24) is 20.1 Å². The van der Waals surface area contributed by atoms with Gasteiger partial charge in [-0.2, -0.15) is 5.10 Å². The standard InChI is InChI=1S/C11H19N5/c1-16-9-14-11(15-16)6-8-13-10-5-3-2-4-7-12-10/h9H,2-8H2,1H3,(H,12,13). The number of nitrogens with zero attached hydrogens (tertiary/aromatic N) is 4. The van der Waals surface area contributed by atoms with Crippen LogP contribution in [0.25, 0.3) is 0 Å². The van der Waals surface area contributed by atoms with E-state index in [1.54, 1.807) is 11.0 Å². The first kappa shape index (κ1) is 11.1. The maximum absolute atomic E-state index is 4.52. The van der Waals surface area contributed by atoms with Crippen molar-refractivity contribution in [2.45, 2.75) is 32.1 Å². The Kier molecular flexibility index (Phi) is 3.91. The molecule has 88 valence electrons. The first-order valence-electron chi connectivity index (χ1n) is 5.96. The fourth-order valence-corrected chi connectivity index (χ4v) is 1.84. The van der Waals surface area contributed by atoms with Gasteiger partial charge in [0, 0.05) is 33.0 Å². The number of hydrogen-bond acceptors (Lipinski definition) is 4. The molecule has 0 radical (unpaired) electrons. The van der Waals surface area contributed by atoms with Crippen LogP contribution < -0.4 is 5.32 Å². The predicted molar refractivity (Wildman–Crippen MR) is 63.5 cm³/mol. The molecular weight excluding hydrogens is 202 g/mol. The second-order valence-electron chi connectivity index (χ2n) is 4.15. The Hall–Kier alpha value is -1.39. The molecule has 0 unspecified atom stereocenters. The summed E-state index contributed by atoms with van der Waals surface area (Å²) in [6, 6.07) is 0. The Balaban J connectivity index is 1.73. The summed E-state index contributed by atoms with van der Waals surface area (Å²) in [6.07, 6.45) is 7.48. The van der Waals surface area contributed by atoms with Gasteiger partial charge in [0.05, 0.1) is 5.84 Å². The van der Waals surface area contributed by atoms with Gasteiger partial charge in [-0.3, -0.25) is 9.67 Å². The van der Waals surface area contributed by atoms with Gasteiger partial charge in [0.15, 0.2) is 5.82 Å². The maximum atomic E-state index is 4.52. The minimum atomic E-state index is 0.861. The molecule has 1 N–H and O–H groups in total. The largest absolute Gasteiger partial charge is 0.373 e. The Morgan fingerprint density at radius 2 is 2.31 bits per heavy atom. The minimum absolute atomic E-state index is 0.861. The van der Waals surface area contributed by atoms with E-state index in [0.29, 0.717) is 0 Å². The third kappa shape index (κ3) is 3.32. The van der Waals surface area contributed by atoms with Crippen molar-refractivity contribution in [3.05, 3.63) is 12.2 Å². The normalized spacial score (nSPS) is 16.7. The number of amidine groups is 1. The minimum Gasteiger partial charge on any atom is -0.373 e. The molecule has 1 aromatic heterocycles. The molecule has 0 aromatic carbocycles. The quantitative estimate of drug-likeness (QED) is 0.825. The van der Waals surface area contributed by atoms with Gasteiger partial charge in [-0.1, -0.05) is 6.42 Å². The second-order valence-corrected chi connectivity index (χ2v) is 4.15. The van der Waals surface area contributed by atoms with Crippen LogP contribution in [0.15, 0.2) is 11.3 Å². The molecule has 0 bridgehead atoms. The summed E-state index contributed by atoms with van der Waals surface area (Å²) in [5, 5.41) is 7.62. The average molecular weight is 221 g/mol. The van der Waals surface area contributed by atoms with Gasteiger partial charge < -0.3 is 5.32 Å². The number of aryl methyl sites for hydroxylation is 1. The SMILES string of the molecule is Cn1cnc(CCNC2=NCCCCC2)n1. The van der Waals surface area contributed by atoms with Gasteiger partial charge in [0.2, 0.25) is 0 Å². The van der Waals surface area contributed by atoms with Gasteiger partial charge in [0.1, 0.15) is 6.33 Å². The maximum Gasteiger partial charge on any atom is 0.152 e. The van der Waals surface area contributed by atoms with Gasteiger partial charge in [-0.15, -0.1) is 0 Å². The van der Waals surface area contributed by atoms with Gasteiger partial charge in [0.25, 0.3) is 0 Å². The Morgan fingerprint density at radius 3 is 3.12 bits per heavy atom. The number of rotatable bonds is 3. The molecular formula is C11H19N5. The Bertz CT molecular complexity index is 355. The van der Waals surface area contributed by atoms with Crippen molar-refractivity contribution in [1.29, 1.82) is 0 Å². The zero-order valence-corrected chi connectivity index (χ0v) is 9.82. The van der Waals surface area contributed by atoms with Crippen LogP contribution in [0.4, 0.5) is 0 Å². The van der Waals surface area contributed by atoms with Crippen LogP contribution in [0.1, 0.15) is 31.5 Å². The lowest BCUT2D eigenvalue weighted by Gasteiger charge is -2.06. The fourth-order valence-electron chi connectivity index (χ4n) is 1.84. The highest BCUT2D eigenvalue weighted by Crippen LogP contribution is 2.05. The molecule has 0 saturated carbocycles. The van der Waals surface area contributed by atoms with Crippen molar-refractivity contribution < 1.29 is 0 Å². The van der Waals surface area contributed by atoms with Crippen molar-refractivity contribution >= 4 is 5.84 Å². The number of hydrogen-bond donors (Lipinski definition) is 1. The summed E-state index contributed by atoms with van der Waals surface area (Å²) in [4.78, 5) is 8.71. The number of nitrogens with one attached hydrogen (secondary N) is 1. The third-order valence-electron chi connectivity index (χ3n) is 2.70. The lowest BCUT2D eigenvalue weighted by atomic mass is 10.2. The highest BCUT2D eigenvalue weighted by atomic mass is 15.3. The van der Waals surface area contributed by atoms with Gasteiger partial charge in [-0.25, -0.2) is 4.98 Å². The molecule has 0 fully saturated rings. The number of aromatic nitrogens is 3. The molecule has 0 spiro atoms. The Labute approximate surface area is 96.0 Å². The van der Waals surface area contributed by atoms with Gasteiger partial charge >= 0.3 is 0 Å². The van der Waals surface area contributed by atoms with Crippen LogP contribution in [-0.2, 0) is 13.5 Å². The summed E-state index contributed by atoms with van der Waals surface area (Å²) in [5.41, 5.74) is 0. The molecule has 1 aliphatic heterocycles. The lowest BCUT2D eigenvalue weighted by Crippen LogP contribution is -2.25. The smallest absolute Gasteiger partial charge is 0.152 e. The molecule has 1 aliphatic rings. The highest BCUT2D eigenvalue weighted by Gasteiger charge is 2.04. The molecule has 0 amide bonds. The molecule has 5 nitrogen and oxygen atoms in total. The average Bonchev–Trinajstić information content (AvgIpc) is 2.54. The lowest BCUT2D eigenvalue weighted by molar-refractivity contribution is 0.719. The number of aliphatic imine (C=N–C) groups is 1. The first-order valence-corrected chi connectivity index (χ1v) is 5.96. The summed E-state index contributed by atoms with van der Waals surface area (Å²) in [6.45, 7) is 1.85. The van der Waals surface area contributed by atoms with Crippen LogP contribution >= 0.6 is 0 Å². The van der Waals surface area contributed by atoms with E-state index in [2.05, 4.69) is 20.4 Å². The van der Waals surface area contributed by atoms with E-state index < -0.39 is 0 Å². The predicted octanol–water partition coefficient (Wildman–Crippen LogP) is 0.920. The van der Waals surface area contributed by atoms with E-state index in [9.17, 15) is 0 Å². The van der Waals surface area contributed by atoms with Crippen LogP contribution in [0, 0.1) is 0 Å². The van der Waals surface area contributed by atoms with Crippen LogP contribution in [0.2, 0.25) is 0 Å². The monoisotopic (exact) mass is 221 g/mol. The van der Waals surface area contributed by atoms with Crippen molar-refractivity contribution in [3.8, 4) is 0 Å². The highest BCUT2D eigenvalue weighted by molar-refractivity contribution is 5.82. The molecule has 0 saturated heterocycles. The van der Waals surface area contributed by atoms with E-state index in [1.165, 1.54) is 19.3 Å². The molecule has 2 rings (SSSR count). The van der Waals surface area contributed by atoms with Crippen LogP contribution in [0.5, 0.6) is 0 Å². The zero-order valence-electron chi connectivity index (χ0n) is 9.82. The van der Waals surface area contributed by atoms with Crippen molar-refractivity contribution in [3.63, 3.8) is 0 Å². The van der Waals surface area contributed by atoms with Crippen LogP contribution in [-0.4, -0.2) is 33.7 Å². The summed E-state index contributed by atoms with van der Waals surface area (Å²) in [5.74, 6) is 2.05. The second kappa shape index (κ2) is 5.63. The van der Waals surface area contributed by atoms with Crippen LogP contribution in [0.3, 0.4) is 0 Å². The van der Waals surface area contributed by atoms with E-state index in [0.717, 1.165) is 37.6 Å². The Morgan fingerprint density at radius 1 is 1.38 bits per heavy atom. The summed E-state index contributed by atoms with van der Waals surface area (Å²) >= 11 is 0. The van der Waals surface area contributed by atoms with Gasteiger partial charge in [-0.05, 0) is 12.8 Å². The molecule has 2 heterocycles. The van der Waals surface area contributed by atoms with Crippen molar-refractivity contribution in [2.24, 2.45) is 12.0 Å².